The number of carbonyl (C=O) groups excluding carboxylic acids is 1. The van der Waals surface area contributed by atoms with Crippen LogP contribution in [0.2, 0.25) is 0 Å². The molecule has 2 saturated heterocycles. The average molecular weight is 413 g/mol. The Hall–Kier alpha value is -2.22. The number of piperidine rings is 1. The van der Waals surface area contributed by atoms with Gasteiger partial charge in [0.2, 0.25) is 5.89 Å². The molecule has 0 aliphatic carbocycles. The summed E-state index contributed by atoms with van der Waals surface area (Å²) in [5, 5.41) is 10.5. The van der Waals surface area contributed by atoms with Crippen LogP contribution in [0.5, 0.6) is 0 Å². The number of hydrogen-bond acceptors (Lipinski definition) is 6. The Morgan fingerprint density at radius 2 is 1.80 bits per heavy atom. The minimum atomic E-state index is -0.778. The van der Waals surface area contributed by atoms with E-state index in [4.69, 9.17) is 4.42 Å². The molecule has 0 radical (unpaired) electrons. The van der Waals surface area contributed by atoms with Gasteiger partial charge in [0.1, 0.15) is 6.26 Å². The van der Waals surface area contributed by atoms with E-state index in [0.717, 1.165) is 45.6 Å². The van der Waals surface area contributed by atoms with Crippen molar-refractivity contribution in [2.45, 2.75) is 44.9 Å². The first-order valence-electron chi connectivity index (χ1n) is 11.0. The predicted octanol–water partition coefficient (Wildman–Crippen LogP) is 2.37. The van der Waals surface area contributed by atoms with Crippen molar-refractivity contribution in [1.29, 1.82) is 0 Å². The molecule has 2 fully saturated rings. The van der Waals surface area contributed by atoms with Crippen LogP contribution in [-0.4, -0.2) is 75.6 Å². The van der Waals surface area contributed by atoms with E-state index in [1.54, 1.807) is 4.90 Å². The Bertz CT molecular complexity index is 832. The maximum absolute atomic E-state index is 12.8. The number of rotatable bonds is 6. The smallest absolute Gasteiger partial charge is 0.275 e. The Morgan fingerprint density at radius 1 is 1.10 bits per heavy atom. The molecular weight excluding hydrogens is 380 g/mol. The monoisotopic (exact) mass is 412 g/mol. The summed E-state index contributed by atoms with van der Waals surface area (Å²) in [6.07, 6.45) is 3.67. The molecular formula is C23H32N4O3. The number of amides is 1. The summed E-state index contributed by atoms with van der Waals surface area (Å²) in [4.78, 5) is 23.7. The van der Waals surface area contributed by atoms with Crippen LogP contribution in [0.3, 0.4) is 0 Å². The van der Waals surface area contributed by atoms with Gasteiger partial charge in [0, 0.05) is 45.8 Å². The molecule has 1 N–H and O–H groups in total. The van der Waals surface area contributed by atoms with Gasteiger partial charge in [-0.1, -0.05) is 37.3 Å². The van der Waals surface area contributed by atoms with Gasteiger partial charge in [-0.15, -0.1) is 0 Å². The number of carbonyl (C=O) groups is 1. The molecule has 4 rings (SSSR count). The van der Waals surface area contributed by atoms with Crippen LogP contribution in [-0.2, 0) is 13.1 Å². The molecule has 2 aliphatic heterocycles. The normalized spacial score (nSPS) is 23.6. The van der Waals surface area contributed by atoms with Gasteiger partial charge in [0.25, 0.3) is 5.91 Å². The van der Waals surface area contributed by atoms with Crippen LogP contribution >= 0.6 is 0 Å². The van der Waals surface area contributed by atoms with Gasteiger partial charge in [-0.2, -0.15) is 0 Å². The average Bonchev–Trinajstić information content (AvgIpc) is 3.24. The van der Waals surface area contributed by atoms with E-state index < -0.39 is 5.60 Å². The van der Waals surface area contributed by atoms with E-state index in [-0.39, 0.29) is 5.91 Å². The van der Waals surface area contributed by atoms with E-state index in [0.29, 0.717) is 37.6 Å². The molecule has 0 unspecified atom stereocenters. The highest BCUT2D eigenvalue weighted by Crippen LogP contribution is 2.25. The van der Waals surface area contributed by atoms with Gasteiger partial charge >= 0.3 is 0 Å². The number of nitrogens with zero attached hydrogens (tertiary/aromatic N) is 4. The van der Waals surface area contributed by atoms with Crippen molar-refractivity contribution in [2.24, 2.45) is 0 Å². The number of likely N-dealkylation sites (tertiary alicyclic amines) is 1. The molecule has 0 spiro atoms. The number of aromatic nitrogens is 1. The quantitative estimate of drug-likeness (QED) is 0.785. The third kappa shape index (κ3) is 5.09. The molecule has 1 amide bonds. The molecule has 7 nitrogen and oxygen atoms in total. The van der Waals surface area contributed by atoms with Crippen molar-refractivity contribution < 1.29 is 14.3 Å². The zero-order valence-corrected chi connectivity index (χ0v) is 17.8. The lowest BCUT2D eigenvalue weighted by Gasteiger charge is -2.38. The van der Waals surface area contributed by atoms with Crippen molar-refractivity contribution in [3.8, 4) is 0 Å². The first kappa shape index (κ1) is 21.0. The Morgan fingerprint density at radius 3 is 2.50 bits per heavy atom. The molecule has 1 atom stereocenters. The standard InChI is InChI=1S/C23H32N4O3/c1-2-23(29)9-6-10-27(18-23)22(28)20-17-30-21(24-20)16-26-13-11-25(12-14-26)15-19-7-4-3-5-8-19/h3-5,7-8,17,29H,2,6,9-16,18H2,1H3/t23-/m0/s1. The minimum Gasteiger partial charge on any atom is -0.447 e. The topological polar surface area (TPSA) is 73.1 Å². The first-order valence-corrected chi connectivity index (χ1v) is 11.0. The maximum Gasteiger partial charge on any atom is 0.275 e. The summed E-state index contributed by atoms with van der Waals surface area (Å²) >= 11 is 0. The summed E-state index contributed by atoms with van der Waals surface area (Å²) in [5.74, 6) is 0.432. The number of β-amino-alcohol motifs (C(OH)–C–C–N with tert-alkyl or cyclic N) is 1. The fraction of sp³-hybridized carbons (Fsp3) is 0.565. The van der Waals surface area contributed by atoms with Crippen molar-refractivity contribution >= 4 is 5.91 Å². The van der Waals surface area contributed by atoms with Crippen molar-refractivity contribution in [2.75, 3.05) is 39.3 Å². The molecule has 30 heavy (non-hydrogen) atoms. The highest BCUT2D eigenvalue weighted by molar-refractivity contribution is 5.92. The van der Waals surface area contributed by atoms with Crippen LogP contribution in [0, 0.1) is 0 Å². The number of piperazine rings is 1. The Balaban J connectivity index is 1.27. The van der Waals surface area contributed by atoms with Crippen LogP contribution in [0.1, 0.15) is 48.1 Å². The number of aliphatic hydroxyl groups is 1. The van der Waals surface area contributed by atoms with Crippen LogP contribution in [0.25, 0.3) is 0 Å². The zero-order chi connectivity index (χ0) is 21.0. The molecule has 2 aromatic rings. The molecule has 162 valence electrons. The summed E-state index contributed by atoms with van der Waals surface area (Å²) in [7, 11) is 0. The van der Waals surface area contributed by atoms with Crippen LogP contribution in [0.4, 0.5) is 0 Å². The van der Waals surface area contributed by atoms with Gasteiger partial charge < -0.3 is 14.4 Å². The van der Waals surface area contributed by atoms with E-state index in [1.807, 2.05) is 13.0 Å². The van der Waals surface area contributed by atoms with E-state index in [1.165, 1.54) is 11.8 Å². The third-order valence-corrected chi connectivity index (χ3v) is 6.34. The predicted molar refractivity (Wildman–Crippen MR) is 114 cm³/mol. The zero-order valence-electron chi connectivity index (χ0n) is 17.8. The highest BCUT2D eigenvalue weighted by Gasteiger charge is 2.34. The molecule has 7 heteroatoms. The summed E-state index contributed by atoms with van der Waals surface area (Å²) in [6.45, 7) is 8.50. The second-order valence-electron chi connectivity index (χ2n) is 8.57. The maximum atomic E-state index is 12.8. The van der Waals surface area contributed by atoms with Gasteiger partial charge in [-0.25, -0.2) is 4.98 Å². The van der Waals surface area contributed by atoms with Gasteiger partial charge in [-0.3, -0.25) is 14.6 Å². The van der Waals surface area contributed by atoms with Crippen molar-refractivity contribution in [1.82, 2.24) is 19.7 Å². The highest BCUT2D eigenvalue weighted by atomic mass is 16.3. The lowest BCUT2D eigenvalue weighted by atomic mass is 9.90. The molecule has 1 aromatic carbocycles. The van der Waals surface area contributed by atoms with Crippen molar-refractivity contribution in [3.05, 3.63) is 53.7 Å². The Kier molecular flexibility index (Phi) is 6.51. The number of oxazole rings is 1. The second kappa shape index (κ2) is 9.29. The van der Waals surface area contributed by atoms with Crippen LogP contribution in [0.15, 0.2) is 41.0 Å². The third-order valence-electron chi connectivity index (χ3n) is 6.34. The Labute approximate surface area is 178 Å². The van der Waals surface area contributed by atoms with Gasteiger partial charge in [0.05, 0.1) is 12.1 Å². The molecule has 0 saturated carbocycles. The largest absolute Gasteiger partial charge is 0.447 e. The number of benzene rings is 1. The first-order chi connectivity index (χ1) is 14.5. The van der Waals surface area contributed by atoms with E-state index in [9.17, 15) is 9.90 Å². The number of hydrogen-bond donors (Lipinski definition) is 1. The molecule has 2 aliphatic rings. The summed E-state index contributed by atoms with van der Waals surface area (Å²) < 4.78 is 5.60. The minimum absolute atomic E-state index is 0.149. The van der Waals surface area contributed by atoms with Crippen LogP contribution < -0.4 is 0 Å². The molecule has 3 heterocycles. The molecule has 0 bridgehead atoms. The fourth-order valence-corrected chi connectivity index (χ4v) is 4.36. The lowest BCUT2D eigenvalue weighted by molar-refractivity contribution is -0.0271. The SMILES string of the molecule is CC[C@]1(O)CCCN(C(=O)c2coc(CN3CCN(Cc4ccccc4)CC3)n2)C1. The second-order valence-corrected chi connectivity index (χ2v) is 8.57. The van der Waals surface area contributed by atoms with Gasteiger partial charge in [-0.05, 0) is 24.8 Å². The van der Waals surface area contributed by atoms with E-state index in [2.05, 4.69) is 39.0 Å². The molecule has 1 aromatic heterocycles. The summed E-state index contributed by atoms with van der Waals surface area (Å²) in [6, 6.07) is 10.5. The fourth-order valence-electron chi connectivity index (χ4n) is 4.36. The summed E-state index contributed by atoms with van der Waals surface area (Å²) in [5.41, 5.74) is 0.905. The van der Waals surface area contributed by atoms with Crippen molar-refractivity contribution in [3.63, 3.8) is 0 Å². The van der Waals surface area contributed by atoms with Gasteiger partial charge in [0.15, 0.2) is 5.69 Å². The van der Waals surface area contributed by atoms with E-state index >= 15 is 0 Å². The lowest BCUT2D eigenvalue weighted by Crippen LogP contribution is -2.50.